The Balaban J connectivity index is 2.33. The SMILES string of the molecule is CNc1cc(Nc2cc(F)ccc2F)nc(N)n1. The second-order valence-electron chi connectivity index (χ2n) is 3.50. The third-order valence-electron chi connectivity index (χ3n) is 2.19. The smallest absolute Gasteiger partial charge is 0.223 e. The average molecular weight is 251 g/mol. The van der Waals surface area contributed by atoms with Crippen LogP contribution in [0.1, 0.15) is 0 Å². The van der Waals surface area contributed by atoms with Crippen LogP contribution in [0.15, 0.2) is 24.3 Å². The minimum atomic E-state index is -0.584. The van der Waals surface area contributed by atoms with Gasteiger partial charge in [-0.25, -0.2) is 8.78 Å². The molecule has 0 fully saturated rings. The molecule has 0 spiro atoms. The lowest BCUT2D eigenvalue weighted by Gasteiger charge is -2.09. The molecule has 0 atom stereocenters. The lowest BCUT2D eigenvalue weighted by atomic mass is 10.3. The molecule has 1 heterocycles. The highest BCUT2D eigenvalue weighted by molar-refractivity contribution is 5.61. The second kappa shape index (κ2) is 4.82. The zero-order valence-corrected chi connectivity index (χ0v) is 9.54. The zero-order chi connectivity index (χ0) is 13.1. The third-order valence-corrected chi connectivity index (χ3v) is 2.19. The Hall–Kier alpha value is -2.44. The second-order valence-corrected chi connectivity index (χ2v) is 3.50. The summed E-state index contributed by atoms with van der Waals surface area (Å²) in [6.07, 6.45) is 0. The van der Waals surface area contributed by atoms with Gasteiger partial charge in [0.1, 0.15) is 23.3 Å². The van der Waals surface area contributed by atoms with Crippen LogP contribution in [0, 0.1) is 11.6 Å². The minimum Gasteiger partial charge on any atom is -0.373 e. The molecule has 0 saturated heterocycles. The van der Waals surface area contributed by atoms with Crippen molar-refractivity contribution in [1.82, 2.24) is 9.97 Å². The molecule has 2 aromatic rings. The monoisotopic (exact) mass is 251 g/mol. The molecule has 0 bridgehead atoms. The van der Waals surface area contributed by atoms with Gasteiger partial charge in [0.25, 0.3) is 0 Å². The Kier molecular flexibility index (Phi) is 3.22. The van der Waals surface area contributed by atoms with E-state index in [0.717, 1.165) is 18.2 Å². The number of anilines is 4. The van der Waals surface area contributed by atoms with Crippen LogP contribution in [0.2, 0.25) is 0 Å². The van der Waals surface area contributed by atoms with E-state index in [4.69, 9.17) is 5.73 Å². The van der Waals surface area contributed by atoms with Crippen LogP contribution in [-0.4, -0.2) is 17.0 Å². The normalized spacial score (nSPS) is 10.2. The number of nitrogens with one attached hydrogen (secondary N) is 2. The van der Waals surface area contributed by atoms with Crippen LogP contribution in [0.3, 0.4) is 0 Å². The van der Waals surface area contributed by atoms with Gasteiger partial charge in [-0.2, -0.15) is 9.97 Å². The van der Waals surface area contributed by atoms with Gasteiger partial charge in [-0.3, -0.25) is 0 Å². The number of nitrogens with two attached hydrogens (primary N) is 1. The number of hydrogen-bond acceptors (Lipinski definition) is 5. The van der Waals surface area contributed by atoms with Gasteiger partial charge >= 0.3 is 0 Å². The number of halogens is 2. The molecule has 94 valence electrons. The van der Waals surface area contributed by atoms with E-state index in [1.165, 1.54) is 6.07 Å². The van der Waals surface area contributed by atoms with Gasteiger partial charge in [-0.05, 0) is 12.1 Å². The van der Waals surface area contributed by atoms with Crippen LogP contribution < -0.4 is 16.4 Å². The zero-order valence-electron chi connectivity index (χ0n) is 9.54. The van der Waals surface area contributed by atoms with Crippen LogP contribution >= 0.6 is 0 Å². The van der Waals surface area contributed by atoms with Gasteiger partial charge < -0.3 is 16.4 Å². The molecule has 1 aromatic carbocycles. The largest absolute Gasteiger partial charge is 0.373 e. The Bertz CT molecular complexity index is 573. The Morgan fingerprint density at radius 1 is 1.11 bits per heavy atom. The predicted molar refractivity (Wildman–Crippen MR) is 65.6 cm³/mol. The van der Waals surface area contributed by atoms with Gasteiger partial charge in [0.05, 0.1) is 5.69 Å². The maximum absolute atomic E-state index is 13.4. The Morgan fingerprint density at radius 3 is 2.56 bits per heavy atom. The molecular weight excluding hydrogens is 240 g/mol. The molecule has 0 saturated carbocycles. The first-order valence-electron chi connectivity index (χ1n) is 5.13. The molecule has 0 radical (unpaired) electrons. The molecule has 7 heteroatoms. The quantitative estimate of drug-likeness (QED) is 0.779. The van der Waals surface area contributed by atoms with Gasteiger partial charge in [0.2, 0.25) is 5.95 Å². The summed E-state index contributed by atoms with van der Waals surface area (Å²) in [4.78, 5) is 7.76. The number of nitrogen functional groups attached to an aromatic ring is 1. The van der Waals surface area contributed by atoms with Crippen molar-refractivity contribution < 1.29 is 8.78 Å². The highest BCUT2D eigenvalue weighted by Gasteiger charge is 2.06. The van der Waals surface area contributed by atoms with Crippen LogP contribution in [-0.2, 0) is 0 Å². The van der Waals surface area contributed by atoms with Crippen molar-refractivity contribution in [2.45, 2.75) is 0 Å². The number of aromatic nitrogens is 2. The van der Waals surface area contributed by atoms with Gasteiger partial charge in [-0.1, -0.05) is 0 Å². The van der Waals surface area contributed by atoms with Crippen molar-refractivity contribution >= 4 is 23.3 Å². The maximum atomic E-state index is 13.4. The molecule has 1 aromatic heterocycles. The summed E-state index contributed by atoms with van der Waals surface area (Å²) in [5, 5.41) is 5.42. The fourth-order valence-electron chi connectivity index (χ4n) is 1.39. The summed E-state index contributed by atoms with van der Waals surface area (Å²) in [6, 6.07) is 4.63. The van der Waals surface area contributed by atoms with E-state index in [1.54, 1.807) is 7.05 Å². The van der Waals surface area contributed by atoms with Crippen LogP contribution in [0.4, 0.5) is 32.1 Å². The molecule has 0 aliphatic rings. The molecule has 0 aliphatic heterocycles. The van der Waals surface area contributed by atoms with Crippen molar-refractivity contribution in [1.29, 1.82) is 0 Å². The Labute approximate surface area is 102 Å². The van der Waals surface area contributed by atoms with Crippen molar-refractivity contribution in [3.05, 3.63) is 35.9 Å². The highest BCUT2D eigenvalue weighted by Crippen LogP contribution is 2.21. The number of hydrogen-bond donors (Lipinski definition) is 3. The molecule has 5 nitrogen and oxygen atoms in total. The van der Waals surface area contributed by atoms with Crippen molar-refractivity contribution in [3.63, 3.8) is 0 Å². The molecule has 18 heavy (non-hydrogen) atoms. The van der Waals surface area contributed by atoms with Crippen LogP contribution in [0.5, 0.6) is 0 Å². The highest BCUT2D eigenvalue weighted by atomic mass is 19.1. The first kappa shape index (κ1) is 12.0. The summed E-state index contributed by atoms with van der Waals surface area (Å²) in [7, 11) is 1.66. The number of nitrogens with zero attached hydrogens (tertiary/aromatic N) is 2. The fraction of sp³-hybridized carbons (Fsp3) is 0.0909. The van der Waals surface area contributed by atoms with E-state index in [2.05, 4.69) is 20.6 Å². The molecule has 0 amide bonds. The van der Waals surface area contributed by atoms with E-state index < -0.39 is 11.6 Å². The number of benzene rings is 1. The van der Waals surface area contributed by atoms with Gasteiger partial charge in [-0.15, -0.1) is 0 Å². The van der Waals surface area contributed by atoms with Crippen molar-refractivity contribution in [2.75, 3.05) is 23.4 Å². The van der Waals surface area contributed by atoms with Crippen LogP contribution in [0.25, 0.3) is 0 Å². The predicted octanol–water partition coefficient (Wildman–Crippen LogP) is 2.12. The van der Waals surface area contributed by atoms with Gasteiger partial charge in [0, 0.05) is 19.2 Å². The summed E-state index contributed by atoms with van der Waals surface area (Å²) in [5.41, 5.74) is 5.47. The minimum absolute atomic E-state index is 0.0184. The van der Waals surface area contributed by atoms with E-state index in [0.29, 0.717) is 5.82 Å². The summed E-state index contributed by atoms with van der Waals surface area (Å²) in [6.45, 7) is 0. The first-order chi connectivity index (χ1) is 8.58. The van der Waals surface area contributed by atoms with Crippen molar-refractivity contribution in [3.8, 4) is 0 Å². The summed E-state index contributed by atoms with van der Waals surface area (Å²) < 4.78 is 26.4. The third kappa shape index (κ3) is 2.62. The molecule has 4 N–H and O–H groups in total. The summed E-state index contributed by atoms with van der Waals surface area (Å²) >= 11 is 0. The lowest BCUT2D eigenvalue weighted by molar-refractivity contribution is 0.603. The summed E-state index contributed by atoms with van der Waals surface area (Å²) in [5.74, 6) is -0.353. The first-order valence-corrected chi connectivity index (χ1v) is 5.13. The molecular formula is C11H11F2N5. The molecule has 2 rings (SSSR count). The van der Waals surface area contributed by atoms with Crippen molar-refractivity contribution in [2.24, 2.45) is 0 Å². The average Bonchev–Trinajstić information content (AvgIpc) is 2.33. The van der Waals surface area contributed by atoms with E-state index in [-0.39, 0.29) is 17.5 Å². The fourth-order valence-corrected chi connectivity index (χ4v) is 1.39. The molecule has 0 unspecified atom stereocenters. The maximum Gasteiger partial charge on any atom is 0.223 e. The topological polar surface area (TPSA) is 75.9 Å². The standard InChI is InChI=1S/C11H11F2N5/c1-15-9-5-10(18-11(14)17-9)16-8-4-6(12)2-3-7(8)13/h2-5H,1H3,(H4,14,15,16,17,18). The van der Waals surface area contributed by atoms with E-state index >= 15 is 0 Å². The van der Waals surface area contributed by atoms with E-state index in [1.807, 2.05) is 0 Å². The van der Waals surface area contributed by atoms with E-state index in [9.17, 15) is 8.78 Å². The molecule has 0 aliphatic carbocycles. The Morgan fingerprint density at radius 2 is 1.83 bits per heavy atom. The lowest BCUT2D eigenvalue weighted by Crippen LogP contribution is -2.04. The number of rotatable bonds is 3. The van der Waals surface area contributed by atoms with Gasteiger partial charge in [0.15, 0.2) is 0 Å².